The summed E-state index contributed by atoms with van der Waals surface area (Å²) in [6.45, 7) is 1.20. The van der Waals surface area contributed by atoms with Crippen LogP contribution in [0.5, 0.6) is 0 Å². The van der Waals surface area contributed by atoms with Crippen LogP contribution in [0.25, 0.3) is 0 Å². The van der Waals surface area contributed by atoms with E-state index in [1.807, 2.05) is 0 Å². The topological polar surface area (TPSA) is 197 Å². The van der Waals surface area contributed by atoms with Gasteiger partial charge in [0.25, 0.3) is 11.7 Å². The van der Waals surface area contributed by atoms with Gasteiger partial charge in [-0.15, -0.1) is 0 Å². The van der Waals surface area contributed by atoms with Crippen LogP contribution in [0.15, 0.2) is 58.2 Å². The Balaban J connectivity index is 0.00000450. The molecule has 158 valence electrons. The van der Waals surface area contributed by atoms with E-state index in [0.29, 0.717) is 17.8 Å². The molecule has 0 bridgehead atoms. The van der Waals surface area contributed by atoms with Crippen molar-refractivity contribution in [1.29, 1.82) is 0 Å². The zero-order valence-corrected chi connectivity index (χ0v) is 17.3. The average molecular weight is 475 g/mol. The van der Waals surface area contributed by atoms with Gasteiger partial charge < -0.3 is 4.55 Å². The van der Waals surface area contributed by atoms with E-state index >= 15 is 0 Å². The summed E-state index contributed by atoms with van der Waals surface area (Å²) in [6.07, 6.45) is 0.987. The van der Waals surface area contributed by atoms with Gasteiger partial charge in [0.2, 0.25) is 5.78 Å². The minimum atomic E-state index is -5.30. The number of ketones is 2. The number of anilines is 1. The fourth-order valence-corrected chi connectivity index (χ4v) is 2.77. The quantitative estimate of drug-likeness (QED) is 0.134. The van der Waals surface area contributed by atoms with Crippen molar-refractivity contribution in [3.05, 3.63) is 63.2 Å². The Kier molecular flexibility index (Phi) is 8.31. The molecule has 4 N–H and O–H groups in total. The van der Waals surface area contributed by atoms with Crippen LogP contribution in [-0.4, -0.2) is 56.7 Å². The molecule has 0 spiro atoms. The second-order valence-corrected chi connectivity index (χ2v) is 7.04. The van der Waals surface area contributed by atoms with Crippen LogP contribution in [0.2, 0.25) is 0 Å². The van der Waals surface area contributed by atoms with Crippen molar-refractivity contribution in [1.82, 2.24) is 5.43 Å². The summed E-state index contributed by atoms with van der Waals surface area (Å²) in [4.78, 5) is 40.7. The molecule has 30 heavy (non-hydrogen) atoms. The van der Waals surface area contributed by atoms with Crippen molar-refractivity contribution in [3.63, 3.8) is 0 Å². The summed E-state index contributed by atoms with van der Waals surface area (Å²) in [6, 6.07) is 6.93. The Morgan fingerprint density at radius 1 is 1.20 bits per heavy atom. The van der Waals surface area contributed by atoms with Gasteiger partial charge >= 0.3 is 11.7 Å². The second-order valence-electron chi connectivity index (χ2n) is 5.69. The van der Waals surface area contributed by atoms with Crippen molar-refractivity contribution in [2.45, 2.75) is 13.0 Å². The molecule has 0 heterocycles. The molecule has 1 aliphatic rings. The van der Waals surface area contributed by atoms with E-state index < -0.39 is 54.9 Å². The molecule has 0 saturated carbocycles. The Morgan fingerprint density at radius 3 is 2.30 bits per heavy atom. The summed E-state index contributed by atoms with van der Waals surface area (Å²) in [5.41, 5.74) is 1.04. The summed E-state index contributed by atoms with van der Waals surface area (Å²) >= 11 is 0. The number of Topliss-reactive ketones (excluding diaryl/α,β-unsaturated/α-hetero) is 1. The predicted molar refractivity (Wildman–Crippen MR) is 102 cm³/mol. The van der Waals surface area contributed by atoms with Crippen molar-refractivity contribution < 1.29 is 49.6 Å². The Hall–Kier alpha value is -3.18. The molecule has 2 rings (SSSR count). The molecule has 1 amide bonds. The third-order valence-electron chi connectivity index (χ3n) is 3.55. The maximum absolute atomic E-state index is 12.1. The van der Waals surface area contributed by atoms with Crippen LogP contribution < -0.4 is 10.7 Å². The van der Waals surface area contributed by atoms with Crippen molar-refractivity contribution in [2.75, 3.05) is 5.32 Å². The number of allylic oxidation sites excluding steroid dienone is 3. The van der Waals surface area contributed by atoms with Gasteiger partial charge in [-0.2, -0.15) is 5.10 Å². The molecule has 1 unspecified atom stereocenters. The number of rotatable bonds is 7. The van der Waals surface area contributed by atoms with Crippen LogP contribution in [0.1, 0.15) is 6.92 Å². The van der Waals surface area contributed by atoms with Crippen LogP contribution in [0.4, 0.5) is 5.69 Å². The third kappa shape index (κ3) is 6.16. The van der Waals surface area contributed by atoms with Crippen LogP contribution in [-0.2, 0) is 32.3 Å². The summed E-state index contributed by atoms with van der Waals surface area (Å²) in [7, 11) is -5.30. The molecule has 1 aromatic rings. The minimum Gasteiger partial charge on any atom is -0.744 e. The molecule has 0 radical (unpaired) electrons. The molecule has 1 aromatic carbocycles. The zero-order valence-electron chi connectivity index (χ0n) is 15.2. The van der Waals surface area contributed by atoms with Gasteiger partial charge in [-0.1, -0.05) is 18.2 Å². The van der Waals surface area contributed by atoms with E-state index in [9.17, 15) is 37.5 Å². The number of hydrogen-bond donors (Lipinski definition) is 2. The number of carbonyl (C=O) groups is 1. The Morgan fingerprint density at radius 2 is 1.80 bits per heavy atom. The Bertz CT molecular complexity index is 1080. The number of amides is 1. The van der Waals surface area contributed by atoms with E-state index in [4.69, 9.17) is 0 Å². The van der Waals surface area contributed by atoms with E-state index in [1.165, 1.54) is 6.92 Å². The number of nitrogens with one attached hydrogen (secondary N) is 2. The van der Waals surface area contributed by atoms with Gasteiger partial charge in [-0.25, -0.2) is 8.42 Å². The number of nitrogens with zero attached hydrogens (tertiary/aromatic N) is 2. The first-order chi connectivity index (χ1) is 13.5. The zero-order chi connectivity index (χ0) is 21.8. The first-order valence-corrected chi connectivity index (χ1v) is 9.23. The number of benzene rings is 1. The fraction of sp³-hybridized carbons (Fsp3) is 0.125. The summed E-state index contributed by atoms with van der Waals surface area (Å²) in [5.74, 6) is -2.30. The molecule has 1 aliphatic carbocycles. The number of para-hydroxylation sites is 1. The number of nitro groups is 1. The van der Waals surface area contributed by atoms with Gasteiger partial charge in [0.1, 0.15) is 20.7 Å². The SMILES string of the molecule is CC(=[OH+])C(NN=C1C=C([N+](=O)[O-])C=C(S(=O)(=O)[O-])C1=O)C(=[OH+])Nc1ccccc1.[Cr]. The Labute approximate surface area is 180 Å². The maximum Gasteiger partial charge on any atom is 0.431 e. The first-order valence-electron chi connectivity index (χ1n) is 7.82. The van der Waals surface area contributed by atoms with Crippen molar-refractivity contribution in [3.8, 4) is 0 Å². The predicted octanol–water partition coefficient (Wildman–Crippen LogP) is -0.350. The van der Waals surface area contributed by atoms with Crippen molar-refractivity contribution in [2.24, 2.45) is 5.10 Å². The fourth-order valence-electron chi connectivity index (χ4n) is 2.18. The largest absolute Gasteiger partial charge is 0.744 e. The minimum absolute atomic E-state index is 0. The summed E-state index contributed by atoms with van der Waals surface area (Å²) < 4.78 is 33.6. The average Bonchev–Trinajstić information content (AvgIpc) is 2.62. The normalized spacial score (nSPS) is 15.9. The van der Waals surface area contributed by atoms with E-state index in [0.717, 1.165) is 0 Å². The molecule has 0 aliphatic heterocycles. The van der Waals surface area contributed by atoms with Gasteiger partial charge in [0.15, 0.2) is 0 Å². The molecule has 14 heteroatoms. The van der Waals surface area contributed by atoms with Crippen LogP contribution in [0, 0.1) is 10.1 Å². The van der Waals surface area contributed by atoms with E-state index in [-0.39, 0.29) is 17.4 Å². The number of hydrazone groups is 1. The van der Waals surface area contributed by atoms with E-state index in [1.54, 1.807) is 30.3 Å². The third-order valence-corrected chi connectivity index (χ3v) is 4.39. The second kappa shape index (κ2) is 10.0. The molecule has 0 saturated heterocycles. The maximum atomic E-state index is 12.1. The molecule has 0 aromatic heterocycles. The van der Waals surface area contributed by atoms with Gasteiger partial charge in [-0.05, 0) is 12.1 Å². The number of hydrogen-bond acceptors (Lipinski definition) is 8. The smallest absolute Gasteiger partial charge is 0.431 e. The molecule has 1 atom stereocenters. The monoisotopic (exact) mass is 475 g/mol. The van der Waals surface area contributed by atoms with Gasteiger partial charge in [0, 0.05) is 35.2 Å². The number of carbonyl (C=O) groups excluding carboxylic acids is 3. The first kappa shape index (κ1) is 24.9. The molecule has 12 nitrogen and oxygen atoms in total. The van der Waals surface area contributed by atoms with Gasteiger partial charge in [-0.3, -0.25) is 35.2 Å². The van der Waals surface area contributed by atoms with E-state index in [2.05, 4.69) is 15.8 Å². The molecular weight excluding hydrogens is 460 g/mol. The summed E-state index contributed by atoms with van der Waals surface area (Å²) in [5, 5.41) is 17.1. The van der Waals surface area contributed by atoms with Gasteiger partial charge in [0.05, 0.1) is 11.8 Å². The molecular formula is C16H15CrN4O8S+. The molecule has 0 fully saturated rings. The van der Waals surface area contributed by atoms with Crippen LogP contribution in [0.3, 0.4) is 0 Å². The standard InChI is InChI=1S/C16H14N4O8S.Cr/c1-9(21)14(16(23)17-10-5-3-2-4-6-10)19-18-12-7-11(20(24)25)8-13(15(12)22)29(26,27)28;/h2-8,14,19H,1H3,(H,17,23)(H,26,27,28);/p+1. The van der Waals surface area contributed by atoms with Crippen molar-refractivity contribution >= 4 is 39.0 Å². The van der Waals surface area contributed by atoms with Crippen LogP contribution >= 0.6 is 0 Å².